The minimum atomic E-state index is -0.231. The quantitative estimate of drug-likeness (QED) is 0.388. The molecule has 0 aliphatic heterocycles. The molecule has 0 atom stereocenters. The number of carbonyl (C=O) groups excluding carboxylic acids is 1. The molecule has 5 aromatic rings. The fraction of sp³-hybridized carbons (Fsp3) is 0.120. The van der Waals surface area contributed by atoms with Gasteiger partial charge in [0, 0.05) is 28.2 Å². The molecule has 1 N–H and O–H groups in total. The largest absolute Gasteiger partial charge is 0.348 e. The molecule has 8 heteroatoms. The molecule has 0 spiro atoms. The summed E-state index contributed by atoms with van der Waals surface area (Å²) in [7, 11) is 0. The van der Waals surface area contributed by atoms with Gasteiger partial charge in [0.2, 0.25) is 0 Å². The van der Waals surface area contributed by atoms with Crippen LogP contribution >= 0.6 is 22.9 Å². The number of aryl methyl sites for hydroxylation is 2. The van der Waals surface area contributed by atoms with E-state index in [1.54, 1.807) is 36.4 Å². The first-order valence-electron chi connectivity index (χ1n) is 10.3. The third-order valence-electron chi connectivity index (χ3n) is 5.43. The van der Waals surface area contributed by atoms with Crippen LogP contribution in [0.3, 0.4) is 0 Å². The van der Waals surface area contributed by atoms with Crippen molar-refractivity contribution in [3.8, 4) is 5.69 Å². The lowest BCUT2D eigenvalue weighted by Crippen LogP contribution is -2.23. The summed E-state index contributed by atoms with van der Waals surface area (Å²) in [6.45, 7) is 4.32. The maximum Gasteiger partial charge on any atom is 0.275 e. The van der Waals surface area contributed by atoms with Crippen LogP contribution in [0.1, 0.15) is 27.2 Å². The molecule has 3 aromatic heterocycles. The lowest BCUT2D eigenvalue weighted by Gasteiger charge is -2.09. The molecular formula is C25H19ClN4O2S. The second-order valence-corrected chi connectivity index (χ2v) is 9.26. The highest BCUT2D eigenvalue weighted by atomic mass is 35.5. The highest BCUT2D eigenvalue weighted by molar-refractivity contribution is 7.25. The summed E-state index contributed by atoms with van der Waals surface area (Å²) >= 11 is 7.26. The van der Waals surface area contributed by atoms with Crippen molar-refractivity contribution in [2.75, 3.05) is 0 Å². The zero-order valence-electron chi connectivity index (χ0n) is 17.9. The second-order valence-electron chi connectivity index (χ2n) is 7.82. The average molecular weight is 475 g/mol. The van der Waals surface area contributed by atoms with Gasteiger partial charge in [0.25, 0.3) is 11.5 Å². The monoisotopic (exact) mass is 474 g/mol. The lowest BCUT2D eigenvalue weighted by atomic mass is 10.1. The number of rotatable bonds is 4. The molecule has 33 heavy (non-hydrogen) atoms. The molecule has 0 bridgehead atoms. The molecule has 5 rings (SSSR count). The molecule has 0 radical (unpaired) electrons. The zero-order chi connectivity index (χ0) is 23.1. The van der Waals surface area contributed by atoms with Crippen LogP contribution < -0.4 is 10.9 Å². The van der Waals surface area contributed by atoms with E-state index in [1.165, 1.54) is 22.2 Å². The first kappa shape index (κ1) is 21.3. The summed E-state index contributed by atoms with van der Waals surface area (Å²) in [4.78, 5) is 36.0. The van der Waals surface area contributed by atoms with Gasteiger partial charge in [-0.3, -0.25) is 14.2 Å². The van der Waals surface area contributed by atoms with Gasteiger partial charge in [0.1, 0.15) is 15.9 Å². The summed E-state index contributed by atoms with van der Waals surface area (Å²) in [6.07, 6.45) is 1.51. The number of hydrogen-bond donors (Lipinski definition) is 1. The van der Waals surface area contributed by atoms with E-state index in [-0.39, 0.29) is 11.5 Å². The molecule has 0 saturated heterocycles. The van der Waals surface area contributed by atoms with Gasteiger partial charge in [0.15, 0.2) is 0 Å². The number of pyridine rings is 1. The number of carbonyl (C=O) groups is 1. The van der Waals surface area contributed by atoms with Gasteiger partial charge in [-0.2, -0.15) is 0 Å². The number of thiophene rings is 1. The fourth-order valence-corrected chi connectivity index (χ4v) is 5.14. The molecule has 0 saturated carbocycles. The summed E-state index contributed by atoms with van der Waals surface area (Å²) in [6, 6.07) is 16.2. The van der Waals surface area contributed by atoms with E-state index >= 15 is 0 Å². The third kappa shape index (κ3) is 4.01. The second kappa shape index (κ2) is 8.42. The highest BCUT2D eigenvalue weighted by Gasteiger charge is 2.16. The van der Waals surface area contributed by atoms with Gasteiger partial charge in [-0.1, -0.05) is 29.8 Å². The first-order chi connectivity index (χ1) is 15.9. The molecule has 0 aliphatic carbocycles. The van der Waals surface area contributed by atoms with Crippen LogP contribution in [0.5, 0.6) is 0 Å². The summed E-state index contributed by atoms with van der Waals surface area (Å²) in [5.74, 6) is -0.231. The summed E-state index contributed by atoms with van der Waals surface area (Å²) in [5.41, 5.74) is 4.41. The maximum atomic E-state index is 13.3. The normalized spacial score (nSPS) is 11.2. The molecule has 2 aromatic carbocycles. The molecule has 1 amide bonds. The molecule has 0 aliphatic rings. The van der Waals surface area contributed by atoms with Gasteiger partial charge in [0.05, 0.1) is 11.2 Å². The smallest absolute Gasteiger partial charge is 0.275 e. The van der Waals surface area contributed by atoms with Crippen LogP contribution in [0.15, 0.2) is 65.7 Å². The van der Waals surface area contributed by atoms with Crippen LogP contribution in [0.4, 0.5) is 0 Å². The number of nitrogens with one attached hydrogen (secondary N) is 1. The summed E-state index contributed by atoms with van der Waals surface area (Å²) < 4.78 is 2.02. The molecular weight excluding hydrogens is 456 g/mol. The highest BCUT2D eigenvalue weighted by Crippen LogP contribution is 2.31. The predicted molar refractivity (Wildman–Crippen MR) is 133 cm³/mol. The van der Waals surface area contributed by atoms with Crippen LogP contribution in [0, 0.1) is 13.8 Å². The van der Waals surface area contributed by atoms with E-state index < -0.39 is 0 Å². The van der Waals surface area contributed by atoms with E-state index in [4.69, 9.17) is 11.6 Å². The van der Waals surface area contributed by atoms with E-state index in [0.29, 0.717) is 33.0 Å². The summed E-state index contributed by atoms with van der Waals surface area (Å²) in [5, 5.41) is 4.46. The Morgan fingerprint density at radius 2 is 1.91 bits per heavy atom. The van der Waals surface area contributed by atoms with Crippen molar-refractivity contribution in [3.63, 3.8) is 0 Å². The molecule has 164 valence electrons. The van der Waals surface area contributed by atoms with E-state index in [2.05, 4.69) is 15.3 Å². The minimum absolute atomic E-state index is 0.182. The molecule has 0 unspecified atom stereocenters. The number of halogens is 1. The number of hydrogen-bond acceptors (Lipinski definition) is 5. The van der Waals surface area contributed by atoms with Gasteiger partial charge >= 0.3 is 0 Å². The number of aromatic nitrogens is 3. The van der Waals surface area contributed by atoms with Crippen molar-refractivity contribution in [2.45, 2.75) is 20.4 Å². The van der Waals surface area contributed by atoms with Crippen molar-refractivity contribution >= 4 is 49.3 Å². The Kier molecular flexibility index (Phi) is 5.44. The minimum Gasteiger partial charge on any atom is -0.348 e. The Hall–Kier alpha value is -3.55. The Bertz CT molecular complexity index is 1590. The Balaban J connectivity index is 1.48. The van der Waals surface area contributed by atoms with E-state index in [1.807, 2.05) is 32.0 Å². The van der Waals surface area contributed by atoms with E-state index in [0.717, 1.165) is 27.0 Å². The molecule has 0 fully saturated rings. The predicted octanol–water partition coefficient (Wildman–Crippen LogP) is 5.20. The lowest BCUT2D eigenvalue weighted by molar-refractivity contribution is 0.0951. The van der Waals surface area contributed by atoms with Gasteiger partial charge in [-0.25, -0.2) is 9.97 Å². The van der Waals surface area contributed by atoms with Crippen LogP contribution in [-0.4, -0.2) is 20.4 Å². The fourth-order valence-electron chi connectivity index (χ4n) is 3.84. The van der Waals surface area contributed by atoms with Crippen molar-refractivity contribution in [1.29, 1.82) is 0 Å². The Morgan fingerprint density at radius 3 is 2.70 bits per heavy atom. The number of nitrogens with zero attached hydrogens (tertiary/aromatic N) is 3. The average Bonchev–Trinajstić information content (AvgIpc) is 3.18. The Morgan fingerprint density at radius 1 is 1.12 bits per heavy atom. The van der Waals surface area contributed by atoms with Crippen molar-refractivity contribution in [3.05, 3.63) is 98.7 Å². The van der Waals surface area contributed by atoms with Crippen molar-refractivity contribution in [2.24, 2.45) is 0 Å². The first-order valence-corrected chi connectivity index (χ1v) is 11.5. The van der Waals surface area contributed by atoms with Crippen LogP contribution in [-0.2, 0) is 6.54 Å². The van der Waals surface area contributed by atoms with Crippen molar-refractivity contribution < 1.29 is 4.79 Å². The number of amides is 1. The Labute approximate surface area is 198 Å². The van der Waals surface area contributed by atoms with Crippen LogP contribution in [0.25, 0.3) is 26.1 Å². The topological polar surface area (TPSA) is 76.9 Å². The number of benzene rings is 2. The zero-order valence-corrected chi connectivity index (χ0v) is 19.5. The molecule has 6 nitrogen and oxygen atoms in total. The third-order valence-corrected chi connectivity index (χ3v) is 6.74. The van der Waals surface area contributed by atoms with Gasteiger partial charge < -0.3 is 5.32 Å². The molecule has 3 heterocycles. The van der Waals surface area contributed by atoms with Crippen molar-refractivity contribution in [1.82, 2.24) is 19.9 Å². The van der Waals surface area contributed by atoms with Gasteiger partial charge in [-0.05, 0) is 61.4 Å². The van der Waals surface area contributed by atoms with Crippen LogP contribution in [0.2, 0.25) is 5.02 Å². The van der Waals surface area contributed by atoms with Gasteiger partial charge in [-0.15, -0.1) is 11.3 Å². The van der Waals surface area contributed by atoms with E-state index in [9.17, 15) is 9.59 Å². The number of fused-ring (bicyclic) bond motifs is 3. The standard InChI is InChI=1S/C25H19ClN4O2S/c1-14-10-15(2)29-24-20(14)21-22(33-24)25(32)30(13-28-21)19-5-3-4-17(11-19)23(31)27-12-16-6-8-18(26)9-7-16/h3-11,13H,12H2,1-2H3,(H,27,31). The SMILES string of the molecule is Cc1cc(C)c2c(n1)sc1c(=O)n(-c3cccc(C(=O)NCc4ccc(Cl)cc4)c3)cnc12. The maximum absolute atomic E-state index is 13.3.